The van der Waals surface area contributed by atoms with Crippen molar-refractivity contribution >= 4 is 17.9 Å². The second-order valence-electron chi connectivity index (χ2n) is 21.7. The van der Waals surface area contributed by atoms with Gasteiger partial charge in [0.2, 0.25) is 0 Å². The van der Waals surface area contributed by atoms with E-state index in [1.165, 1.54) is 66.7 Å². The van der Waals surface area contributed by atoms with Crippen molar-refractivity contribution in [1.82, 2.24) is 0 Å². The molecule has 0 saturated heterocycles. The molecule has 96 heavy (non-hydrogen) atoms. The molecule has 0 atom stereocenters. The summed E-state index contributed by atoms with van der Waals surface area (Å²) in [5.74, 6) is -95.9. The molecule has 0 bridgehead atoms. The minimum absolute atomic E-state index is 0.0301. The van der Waals surface area contributed by atoms with Crippen LogP contribution in [0.4, 0.5) is 132 Å². The summed E-state index contributed by atoms with van der Waals surface area (Å²) in [4.78, 5) is 39.0. The Labute approximate surface area is 525 Å². The van der Waals surface area contributed by atoms with Crippen LogP contribution in [0.1, 0.15) is 155 Å². The number of ether oxygens (including phenoxy) is 5. The molecule has 3 aromatic carbocycles. The molecule has 548 valence electrons. The summed E-state index contributed by atoms with van der Waals surface area (Å²) in [5, 5.41) is 0. The second kappa shape index (κ2) is 32.1. The fraction of sp³-hybridized carbons (Fsp3) is 0.638. The van der Waals surface area contributed by atoms with Crippen LogP contribution in [0.5, 0.6) is 23.0 Å². The Kier molecular flexibility index (Phi) is 28.0. The highest BCUT2D eigenvalue weighted by Crippen LogP contribution is 2.65. The summed E-state index contributed by atoms with van der Waals surface area (Å²) >= 11 is 0. The Bertz CT molecular complexity index is 2970. The van der Waals surface area contributed by atoms with E-state index in [1.54, 1.807) is 0 Å². The van der Waals surface area contributed by atoms with E-state index in [1.807, 2.05) is 6.92 Å². The maximum atomic E-state index is 14.2. The molecule has 0 unspecified atom stereocenters. The van der Waals surface area contributed by atoms with Crippen LogP contribution >= 0.6 is 0 Å². The number of benzene rings is 3. The number of hydrogen-bond acceptors (Lipinski definition) is 8. The van der Waals surface area contributed by atoms with Crippen molar-refractivity contribution in [3.8, 4) is 23.0 Å². The van der Waals surface area contributed by atoms with Gasteiger partial charge in [-0.2, -0.15) is 132 Å². The fourth-order valence-electron chi connectivity index (χ4n) is 8.46. The van der Waals surface area contributed by atoms with Gasteiger partial charge in [0, 0.05) is 24.8 Å². The fourth-order valence-corrected chi connectivity index (χ4v) is 8.46. The minimum Gasteiger partial charge on any atom is -0.494 e. The van der Waals surface area contributed by atoms with E-state index in [0.717, 1.165) is 19.3 Å². The van der Waals surface area contributed by atoms with Gasteiger partial charge in [0.25, 0.3) is 0 Å². The van der Waals surface area contributed by atoms with Crippen molar-refractivity contribution in [2.45, 2.75) is 219 Å². The summed E-state index contributed by atoms with van der Waals surface area (Å²) in [6.45, 7) is 1.37. The lowest BCUT2D eigenvalue weighted by molar-refractivity contribution is -0.452. The molecule has 0 spiro atoms. The molecule has 0 saturated carbocycles. The summed E-state index contributed by atoms with van der Waals surface area (Å²) in [6, 6.07) is 14.0. The molecule has 0 N–H and O–H groups in total. The van der Waals surface area contributed by atoms with Gasteiger partial charge in [-0.05, 0) is 98.8 Å². The Morgan fingerprint density at radius 2 is 0.646 bits per heavy atom. The van der Waals surface area contributed by atoms with Gasteiger partial charge in [-0.3, -0.25) is 4.79 Å². The van der Waals surface area contributed by atoms with E-state index in [-0.39, 0.29) is 111 Å². The predicted octanol–water partition coefficient (Wildman–Crippen LogP) is 21.1. The van der Waals surface area contributed by atoms with E-state index in [9.17, 15) is 146 Å². The molecule has 8 nitrogen and oxygen atoms in total. The lowest BCUT2D eigenvalue weighted by Crippen LogP contribution is -2.72. The van der Waals surface area contributed by atoms with Crippen molar-refractivity contribution in [2.24, 2.45) is 0 Å². The van der Waals surface area contributed by atoms with Gasteiger partial charge >= 0.3 is 101 Å². The lowest BCUT2D eigenvalue weighted by atomic mass is 9.89. The highest BCUT2D eigenvalue weighted by atomic mass is 19.4. The zero-order chi connectivity index (χ0) is 73.6. The van der Waals surface area contributed by atoms with Crippen LogP contribution in [0.25, 0.3) is 0 Å². The van der Waals surface area contributed by atoms with E-state index in [2.05, 4.69) is 0 Å². The van der Waals surface area contributed by atoms with Crippen molar-refractivity contribution in [1.29, 1.82) is 0 Å². The molecule has 0 aliphatic carbocycles. The largest absolute Gasteiger partial charge is 0.494 e. The maximum Gasteiger partial charge on any atom is 0.460 e. The molecule has 0 fully saturated rings. The van der Waals surface area contributed by atoms with E-state index < -0.39 is 146 Å². The molecular formula is C58H58F30O8. The van der Waals surface area contributed by atoms with E-state index in [0.29, 0.717) is 6.42 Å². The summed E-state index contributed by atoms with van der Waals surface area (Å²) < 4.78 is 431. The molecule has 0 radical (unpaired) electrons. The summed E-state index contributed by atoms with van der Waals surface area (Å²) in [5.41, 5.74) is -0.0717. The number of halogens is 30. The topological polar surface area (TPSA) is 97.4 Å². The highest BCUT2D eigenvalue weighted by molar-refractivity contribution is 5.92. The highest BCUT2D eigenvalue weighted by Gasteiger charge is 2.94. The Morgan fingerprint density at radius 3 is 1.01 bits per heavy atom. The molecule has 0 aliphatic heterocycles. The van der Waals surface area contributed by atoms with Gasteiger partial charge in [-0.15, -0.1) is 0 Å². The monoisotopic (exact) mass is 1450 g/mol. The standard InChI is InChI=1S/C58H58F30O8/c1-2-3-4-13-18-42(89)94-34-37-33-40(95-43(90)35-19-23-38(24-20-35)92-31-16-11-7-5-9-14-29-45(59,60)47(63,64)49(67,68)51(71,72)53(75,76)55(79,80)57(83,84)85)27-28-41(37)96-44(91)36-21-25-39(26-22-36)93-32-17-12-8-6-10-15-30-46(61,62)48(65,66)50(69,70)52(73,74)54(77,78)56(81,82)58(86,87)88/h19-28,33H,2-18,29-32,34H2,1H3. The van der Waals surface area contributed by atoms with Crippen LogP contribution in [-0.4, -0.2) is 115 Å². The first-order valence-electron chi connectivity index (χ1n) is 28.6. The molecule has 3 rings (SSSR count). The number of carbonyl (C=O) groups is 3. The number of unbranched alkanes of at least 4 members (excludes halogenated alkanes) is 13. The molecule has 0 aromatic heterocycles. The minimum atomic E-state index is -8.35. The second-order valence-corrected chi connectivity index (χ2v) is 21.7. The quantitative estimate of drug-likeness (QED) is 0.0240. The third kappa shape index (κ3) is 18.7. The summed E-state index contributed by atoms with van der Waals surface area (Å²) in [6.07, 6.45) is -19.7. The van der Waals surface area contributed by atoms with E-state index in [4.69, 9.17) is 23.7 Å². The molecular weight excluding hydrogens is 1390 g/mol. The Balaban J connectivity index is 1.51. The van der Waals surface area contributed by atoms with Gasteiger partial charge in [0.15, 0.2) is 0 Å². The first-order chi connectivity index (χ1) is 43.7. The zero-order valence-electron chi connectivity index (χ0n) is 49.5. The van der Waals surface area contributed by atoms with Gasteiger partial charge in [-0.1, -0.05) is 77.6 Å². The third-order valence-electron chi connectivity index (χ3n) is 14.3. The van der Waals surface area contributed by atoms with Crippen LogP contribution in [0.15, 0.2) is 66.7 Å². The molecule has 0 aliphatic rings. The molecule has 0 heterocycles. The number of esters is 3. The Hall–Kier alpha value is -6.43. The molecule has 38 heteroatoms. The first-order valence-corrected chi connectivity index (χ1v) is 28.6. The maximum absolute atomic E-state index is 14.2. The predicted molar refractivity (Wildman–Crippen MR) is 275 cm³/mol. The Morgan fingerprint density at radius 1 is 0.333 bits per heavy atom. The van der Waals surface area contributed by atoms with Crippen LogP contribution in [-0.2, 0) is 16.1 Å². The molecule has 0 amide bonds. The average molecular weight is 1450 g/mol. The summed E-state index contributed by atoms with van der Waals surface area (Å²) in [7, 11) is 0. The van der Waals surface area contributed by atoms with Gasteiger partial charge < -0.3 is 23.7 Å². The third-order valence-corrected chi connectivity index (χ3v) is 14.3. The lowest BCUT2D eigenvalue weighted by Gasteiger charge is -2.41. The van der Waals surface area contributed by atoms with Crippen molar-refractivity contribution in [2.75, 3.05) is 13.2 Å². The van der Waals surface area contributed by atoms with Crippen LogP contribution in [0.3, 0.4) is 0 Å². The van der Waals surface area contributed by atoms with Crippen molar-refractivity contribution < 1.29 is 170 Å². The van der Waals surface area contributed by atoms with Gasteiger partial charge in [0.1, 0.15) is 29.6 Å². The SMILES string of the molecule is CCCCCCC(=O)OCc1cc(OC(=O)c2ccc(OCCCCCCCCC(F)(F)C(F)(F)C(F)(F)C(F)(F)C(F)(F)C(F)(F)C(F)(F)F)cc2)ccc1OC(=O)c1ccc(OCCCCCCCCC(F)(F)C(F)(F)C(F)(F)C(F)(F)C(F)(F)C(F)(F)C(F)(F)F)cc1. The van der Waals surface area contributed by atoms with Gasteiger partial charge in [0.05, 0.1) is 24.3 Å². The van der Waals surface area contributed by atoms with Crippen LogP contribution < -0.4 is 18.9 Å². The number of carbonyl (C=O) groups excluding carboxylic acids is 3. The smallest absolute Gasteiger partial charge is 0.460 e. The zero-order valence-corrected chi connectivity index (χ0v) is 49.5. The van der Waals surface area contributed by atoms with Crippen LogP contribution in [0.2, 0.25) is 0 Å². The van der Waals surface area contributed by atoms with Crippen molar-refractivity contribution in [3.63, 3.8) is 0 Å². The number of alkyl halides is 30. The van der Waals surface area contributed by atoms with Crippen molar-refractivity contribution in [3.05, 3.63) is 83.4 Å². The first kappa shape index (κ1) is 83.8. The average Bonchev–Trinajstić information content (AvgIpc) is 0.710. The van der Waals surface area contributed by atoms with Gasteiger partial charge in [-0.25, -0.2) is 9.59 Å². The van der Waals surface area contributed by atoms with E-state index >= 15 is 0 Å². The normalized spacial score (nSPS) is 14.0. The molecule has 3 aromatic rings. The number of rotatable bonds is 41. The van der Waals surface area contributed by atoms with Crippen LogP contribution in [0, 0.1) is 0 Å². The number of hydrogen-bond donors (Lipinski definition) is 0.